The van der Waals surface area contributed by atoms with Gasteiger partial charge in [-0.2, -0.15) is 0 Å². The van der Waals surface area contributed by atoms with E-state index >= 15 is 0 Å². The third-order valence-corrected chi connectivity index (χ3v) is 10.5. The molecule has 6 aromatic carbocycles. The van der Waals surface area contributed by atoms with E-state index in [0.29, 0.717) is 23.0 Å². The molecule has 0 unspecified atom stereocenters. The van der Waals surface area contributed by atoms with Crippen molar-refractivity contribution in [3.63, 3.8) is 0 Å². The van der Waals surface area contributed by atoms with Crippen LogP contribution in [-0.2, 0) is 19.7 Å². The molecule has 0 aromatic heterocycles. The molecule has 6 rings (SSSR count). The topological polar surface area (TPSA) is 86.7 Å². The quantitative estimate of drug-likeness (QED) is 0.161. The molecule has 6 nitrogen and oxygen atoms in total. The number of rotatable bonds is 9. The first-order valence-corrected chi connectivity index (χ1v) is 16.6. The Morgan fingerprint density at radius 1 is 0.295 bits per heavy atom. The average Bonchev–Trinajstić information content (AvgIpc) is 3.06. The van der Waals surface area contributed by atoms with Gasteiger partial charge in [0.05, 0.1) is 19.6 Å². The lowest BCUT2D eigenvalue weighted by Crippen LogP contribution is -2.02. The second-order valence-corrected chi connectivity index (χ2v) is 13.7. The van der Waals surface area contributed by atoms with Crippen molar-refractivity contribution in [3.05, 3.63) is 158 Å². The minimum absolute atomic E-state index is 0.150. The maximum atomic E-state index is 13.2. The number of benzene rings is 6. The largest absolute Gasteiger partial charge is 0.457 e. The van der Waals surface area contributed by atoms with Crippen LogP contribution < -0.4 is 9.47 Å². The van der Waals surface area contributed by atoms with Crippen LogP contribution >= 0.6 is 0 Å². The van der Waals surface area contributed by atoms with Gasteiger partial charge in [-0.3, -0.25) is 0 Å². The smallest absolute Gasteiger partial charge is 0.206 e. The number of ether oxygens (including phenoxy) is 2. The summed E-state index contributed by atoms with van der Waals surface area (Å²) in [6, 6.07) is 44.0. The molecule has 0 saturated heterocycles. The summed E-state index contributed by atoms with van der Waals surface area (Å²) >= 11 is 0. The lowest BCUT2D eigenvalue weighted by molar-refractivity contribution is 0.482. The predicted molar refractivity (Wildman–Crippen MR) is 169 cm³/mol. The van der Waals surface area contributed by atoms with Crippen LogP contribution in [0, 0.1) is 0 Å². The number of hydrogen-bond donors (Lipinski definition) is 0. The van der Waals surface area contributed by atoms with E-state index in [0.717, 1.165) is 11.1 Å². The highest BCUT2D eigenvalue weighted by Crippen LogP contribution is 2.30. The van der Waals surface area contributed by atoms with Crippen molar-refractivity contribution in [1.82, 2.24) is 0 Å². The standard InChI is InChI=1S/C36H26O6S2/c37-43(38,35-23-15-31(16-24-35)41-29-7-3-1-4-8-29)33-19-11-27(12-20-33)28-13-21-34(22-14-28)44(39,40)36-25-17-32(18-26-36)42-30-9-5-2-6-10-30/h1-26H. The summed E-state index contributed by atoms with van der Waals surface area (Å²) in [6.45, 7) is 0. The lowest BCUT2D eigenvalue weighted by Gasteiger charge is -2.10. The maximum Gasteiger partial charge on any atom is 0.206 e. The van der Waals surface area contributed by atoms with Crippen molar-refractivity contribution in [1.29, 1.82) is 0 Å². The minimum Gasteiger partial charge on any atom is -0.457 e. The van der Waals surface area contributed by atoms with Crippen LogP contribution in [0.2, 0.25) is 0 Å². The summed E-state index contributed by atoms with van der Waals surface area (Å²) in [4.78, 5) is 0.605. The zero-order valence-corrected chi connectivity index (χ0v) is 24.9. The van der Waals surface area contributed by atoms with Crippen molar-refractivity contribution in [2.45, 2.75) is 19.6 Å². The zero-order chi connectivity index (χ0) is 30.6. The second kappa shape index (κ2) is 12.2. The Bertz CT molecular complexity index is 1920. The molecule has 0 spiro atoms. The number of sulfone groups is 2. The van der Waals surface area contributed by atoms with Gasteiger partial charge in [0.2, 0.25) is 19.7 Å². The van der Waals surface area contributed by atoms with Crippen LogP contribution in [0.4, 0.5) is 0 Å². The van der Waals surface area contributed by atoms with E-state index in [1.54, 1.807) is 72.8 Å². The van der Waals surface area contributed by atoms with Crippen molar-refractivity contribution in [2.24, 2.45) is 0 Å². The van der Waals surface area contributed by atoms with E-state index in [1.165, 1.54) is 24.3 Å². The van der Waals surface area contributed by atoms with Gasteiger partial charge in [-0.1, -0.05) is 60.7 Å². The fraction of sp³-hybridized carbons (Fsp3) is 0. The monoisotopic (exact) mass is 618 g/mol. The van der Waals surface area contributed by atoms with E-state index in [9.17, 15) is 16.8 Å². The van der Waals surface area contributed by atoms with E-state index in [1.807, 2.05) is 60.7 Å². The molecule has 0 aliphatic carbocycles. The maximum absolute atomic E-state index is 13.2. The summed E-state index contributed by atoms with van der Waals surface area (Å²) in [5, 5.41) is 0. The molecule has 0 aliphatic rings. The third-order valence-electron chi connectivity index (χ3n) is 6.89. The molecule has 0 fully saturated rings. The van der Waals surface area contributed by atoms with Gasteiger partial charge in [0, 0.05) is 0 Å². The highest BCUT2D eigenvalue weighted by molar-refractivity contribution is 7.91. The van der Waals surface area contributed by atoms with Gasteiger partial charge in [0.25, 0.3) is 0 Å². The van der Waals surface area contributed by atoms with Crippen molar-refractivity contribution in [2.75, 3.05) is 0 Å². The molecule has 0 bridgehead atoms. The SMILES string of the molecule is O=S(=O)(c1ccc(Oc2ccccc2)cc1)c1ccc(-c2ccc(S(=O)(=O)c3ccc(Oc4ccccc4)cc3)cc2)cc1. The molecule has 0 aliphatic heterocycles. The van der Waals surface area contributed by atoms with Gasteiger partial charge in [0.1, 0.15) is 23.0 Å². The zero-order valence-electron chi connectivity index (χ0n) is 23.3. The Kier molecular flexibility index (Phi) is 8.02. The van der Waals surface area contributed by atoms with Crippen LogP contribution in [0.25, 0.3) is 11.1 Å². The van der Waals surface area contributed by atoms with E-state index in [2.05, 4.69) is 0 Å². The number of hydrogen-bond acceptors (Lipinski definition) is 6. The molecule has 0 N–H and O–H groups in total. The van der Waals surface area contributed by atoms with Gasteiger partial charge < -0.3 is 9.47 Å². The Morgan fingerprint density at radius 2 is 0.545 bits per heavy atom. The minimum atomic E-state index is -3.75. The summed E-state index contributed by atoms with van der Waals surface area (Å²) in [5.74, 6) is 2.38. The first kappa shape index (κ1) is 28.9. The van der Waals surface area contributed by atoms with Crippen molar-refractivity contribution in [3.8, 4) is 34.1 Å². The molecule has 6 aromatic rings. The fourth-order valence-electron chi connectivity index (χ4n) is 4.55. The van der Waals surface area contributed by atoms with Gasteiger partial charge >= 0.3 is 0 Å². The van der Waals surface area contributed by atoms with Crippen LogP contribution in [0.3, 0.4) is 0 Å². The van der Waals surface area contributed by atoms with E-state index in [4.69, 9.17) is 9.47 Å². The molecule has 218 valence electrons. The molecule has 0 saturated carbocycles. The molecular weight excluding hydrogens is 593 g/mol. The Hall–Kier alpha value is -5.18. The molecule has 8 heteroatoms. The van der Waals surface area contributed by atoms with Gasteiger partial charge in [0.15, 0.2) is 0 Å². The average molecular weight is 619 g/mol. The highest BCUT2D eigenvalue weighted by Gasteiger charge is 2.20. The second-order valence-electron chi connectivity index (χ2n) is 9.83. The summed E-state index contributed by atoms with van der Waals surface area (Å²) in [5.41, 5.74) is 1.50. The van der Waals surface area contributed by atoms with Crippen LogP contribution in [0.15, 0.2) is 177 Å². The molecule has 0 atom stereocenters. The lowest BCUT2D eigenvalue weighted by atomic mass is 10.1. The highest BCUT2D eigenvalue weighted by atomic mass is 32.2. The van der Waals surface area contributed by atoms with E-state index < -0.39 is 19.7 Å². The van der Waals surface area contributed by atoms with Gasteiger partial charge in [-0.25, -0.2) is 16.8 Å². The van der Waals surface area contributed by atoms with Crippen LogP contribution in [0.1, 0.15) is 0 Å². The molecule has 44 heavy (non-hydrogen) atoms. The van der Waals surface area contributed by atoms with Crippen LogP contribution in [0.5, 0.6) is 23.0 Å². The van der Waals surface area contributed by atoms with Gasteiger partial charge in [-0.05, 0) is 108 Å². The third kappa shape index (κ3) is 6.27. The fourth-order valence-corrected chi connectivity index (χ4v) is 7.07. The van der Waals surface area contributed by atoms with Crippen LogP contribution in [-0.4, -0.2) is 16.8 Å². The Balaban J connectivity index is 1.14. The van der Waals surface area contributed by atoms with E-state index in [-0.39, 0.29) is 19.6 Å². The molecule has 0 amide bonds. The normalized spacial score (nSPS) is 11.5. The predicted octanol–water partition coefficient (Wildman–Crippen LogP) is 8.60. The summed E-state index contributed by atoms with van der Waals surface area (Å²) in [6.07, 6.45) is 0. The first-order valence-electron chi connectivity index (χ1n) is 13.7. The Labute approximate surface area is 256 Å². The number of para-hydroxylation sites is 2. The summed E-state index contributed by atoms with van der Waals surface area (Å²) < 4.78 is 64.5. The van der Waals surface area contributed by atoms with Crippen molar-refractivity contribution >= 4 is 19.7 Å². The summed E-state index contributed by atoms with van der Waals surface area (Å²) in [7, 11) is -7.50. The molecule has 0 heterocycles. The molecular formula is C36H26O6S2. The van der Waals surface area contributed by atoms with Gasteiger partial charge in [-0.15, -0.1) is 0 Å². The van der Waals surface area contributed by atoms with Crippen molar-refractivity contribution < 1.29 is 26.3 Å². The Morgan fingerprint density at radius 3 is 0.841 bits per heavy atom. The first-order chi connectivity index (χ1) is 21.3. The molecule has 0 radical (unpaired) electrons.